The van der Waals surface area contributed by atoms with Crippen LogP contribution < -0.4 is 16.0 Å². The van der Waals surface area contributed by atoms with Crippen molar-refractivity contribution < 1.29 is 23.2 Å². The molecule has 0 bridgehead atoms. The van der Waals surface area contributed by atoms with Gasteiger partial charge in [-0.15, -0.1) is 0 Å². The van der Waals surface area contributed by atoms with Gasteiger partial charge < -0.3 is 15.5 Å². The number of rotatable bonds is 9. The van der Waals surface area contributed by atoms with Gasteiger partial charge in [-0.25, -0.2) is 8.78 Å². The molecule has 9 heteroatoms. The summed E-state index contributed by atoms with van der Waals surface area (Å²) in [5, 5.41) is 9.29. The number of carbonyl (C=O) groups is 3. The van der Waals surface area contributed by atoms with Crippen molar-refractivity contribution >= 4 is 23.4 Å². The number of hydrogen-bond donors (Lipinski definition) is 3. The van der Waals surface area contributed by atoms with E-state index in [-0.39, 0.29) is 29.8 Å². The van der Waals surface area contributed by atoms with Crippen LogP contribution in [0.1, 0.15) is 87.1 Å². The summed E-state index contributed by atoms with van der Waals surface area (Å²) in [5.41, 5.74) is 2.27. The summed E-state index contributed by atoms with van der Waals surface area (Å²) in [6.45, 7) is 1.87. The number of nitrogens with zero attached hydrogens (tertiary/aromatic N) is 1. The van der Waals surface area contributed by atoms with Crippen molar-refractivity contribution in [3.8, 4) is 0 Å². The second-order valence-electron chi connectivity index (χ2n) is 11.2. The summed E-state index contributed by atoms with van der Waals surface area (Å²) in [6.07, 6.45) is 6.32. The van der Waals surface area contributed by atoms with Crippen LogP contribution in [0.3, 0.4) is 0 Å². The van der Waals surface area contributed by atoms with Crippen LogP contribution in [0.2, 0.25) is 0 Å². The largest absolute Gasteiger partial charge is 0.379 e. The monoisotopic (exact) mass is 502 g/mol. The molecule has 2 saturated carbocycles. The van der Waals surface area contributed by atoms with E-state index in [0.29, 0.717) is 18.5 Å². The quantitative estimate of drug-likeness (QED) is 0.445. The molecule has 7 nitrogen and oxygen atoms in total. The van der Waals surface area contributed by atoms with Crippen molar-refractivity contribution in [3.05, 3.63) is 29.3 Å². The molecule has 2 aliphatic carbocycles. The molecule has 1 aromatic carbocycles. The predicted octanol–water partition coefficient (Wildman–Crippen LogP) is 3.97. The van der Waals surface area contributed by atoms with E-state index in [0.717, 1.165) is 55.7 Å². The normalized spacial score (nSPS) is 29.3. The van der Waals surface area contributed by atoms with E-state index >= 15 is 0 Å². The second-order valence-corrected chi connectivity index (χ2v) is 11.2. The lowest BCUT2D eigenvalue weighted by Gasteiger charge is -2.43. The maximum Gasteiger partial charge on any atom is 0.255 e. The molecule has 0 radical (unpaired) electrons. The SMILES string of the molecule is C[C@@H](NC1CCC(CCC2CC2)(Nc2cccc3c2CN([C@@H]2CCC(=O)NC2=O)C3=O)CC1)C(F)F. The van der Waals surface area contributed by atoms with E-state index in [2.05, 4.69) is 16.0 Å². The Morgan fingerprint density at radius 2 is 1.86 bits per heavy atom. The summed E-state index contributed by atoms with van der Waals surface area (Å²) in [6, 6.07) is 4.30. The molecule has 36 heavy (non-hydrogen) atoms. The van der Waals surface area contributed by atoms with Crippen LogP contribution in [-0.4, -0.2) is 52.7 Å². The number of fused-ring (bicyclic) bond motifs is 1. The average Bonchev–Trinajstić information content (AvgIpc) is 3.62. The lowest BCUT2D eigenvalue weighted by molar-refractivity contribution is -0.136. The van der Waals surface area contributed by atoms with Gasteiger partial charge in [0.05, 0.1) is 6.04 Å². The number of amides is 3. The Hall–Kier alpha value is -2.55. The molecule has 2 atom stereocenters. The van der Waals surface area contributed by atoms with E-state index < -0.39 is 24.4 Å². The number of benzene rings is 1. The van der Waals surface area contributed by atoms with Crippen LogP contribution >= 0.6 is 0 Å². The number of carbonyl (C=O) groups excluding carboxylic acids is 3. The Morgan fingerprint density at radius 1 is 1.11 bits per heavy atom. The first kappa shape index (κ1) is 25.1. The van der Waals surface area contributed by atoms with Gasteiger partial charge in [0.15, 0.2) is 0 Å². The molecule has 0 aromatic heterocycles. The smallest absolute Gasteiger partial charge is 0.255 e. The van der Waals surface area contributed by atoms with Crippen LogP contribution in [-0.2, 0) is 16.1 Å². The van der Waals surface area contributed by atoms with Crippen LogP contribution in [0.15, 0.2) is 18.2 Å². The van der Waals surface area contributed by atoms with Gasteiger partial charge >= 0.3 is 0 Å². The van der Waals surface area contributed by atoms with Gasteiger partial charge in [-0.2, -0.15) is 0 Å². The third kappa shape index (κ3) is 5.26. The lowest BCUT2D eigenvalue weighted by atomic mass is 9.75. The van der Waals surface area contributed by atoms with Crippen molar-refractivity contribution in [2.45, 2.75) is 108 Å². The molecule has 3 amide bonds. The first-order valence-corrected chi connectivity index (χ1v) is 13.3. The molecule has 3 fully saturated rings. The Kier molecular flexibility index (Phi) is 7.03. The molecular weight excluding hydrogens is 466 g/mol. The van der Waals surface area contributed by atoms with Gasteiger partial charge in [-0.3, -0.25) is 19.7 Å². The zero-order valence-electron chi connectivity index (χ0n) is 20.8. The second kappa shape index (κ2) is 10.1. The molecule has 2 heterocycles. The zero-order valence-corrected chi connectivity index (χ0v) is 20.8. The number of nitrogens with one attached hydrogen (secondary N) is 3. The Morgan fingerprint density at radius 3 is 2.53 bits per heavy atom. The molecule has 3 N–H and O–H groups in total. The maximum absolute atomic E-state index is 13.2. The highest BCUT2D eigenvalue weighted by molar-refractivity contribution is 6.06. The third-order valence-electron chi connectivity index (χ3n) is 8.53. The highest BCUT2D eigenvalue weighted by Gasteiger charge is 2.42. The molecular formula is C27H36F2N4O3. The van der Waals surface area contributed by atoms with Gasteiger partial charge in [0.1, 0.15) is 6.04 Å². The summed E-state index contributed by atoms with van der Waals surface area (Å²) in [4.78, 5) is 38.9. The van der Waals surface area contributed by atoms with Crippen LogP contribution in [0.25, 0.3) is 0 Å². The van der Waals surface area contributed by atoms with E-state index in [1.165, 1.54) is 19.8 Å². The Bertz CT molecular complexity index is 1020. The minimum absolute atomic E-state index is 0.0796. The maximum atomic E-state index is 13.2. The van der Waals surface area contributed by atoms with Crippen LogP contribution in [0.4, 0.5) is 14.5 Å². The van der Waals surface area contributed by atoms with Gasteiger partial charge in [-0.1, -0.05) is 18.9 Å². The van der Waals surface area contributed by atoms with E-state index in [1.54, 1.807) is 11.0 Å². The zero-order chi connectivity index (χ0) is 25.4. The van der Waals surface area contributed by atoms with Gasteiger partial charge in [0.25, 0.3) is 12.3 Å². The van der Waals surface area contributed by atoms with Gasteiger partial charge in [0.2, 0.25) is 11.8 Å². The summed E-state index contributed by atoms with van der Waals surface area (Å²) < 4.78 is 26.1. The molecule has 196 valence electrons. The lowest BCUT2D eigenvalue weighted by Crippen LogP contribution is -2.52. The van der Waals surface area contributed by atoms with Crippen LogP contribution in [0.5, 0.6) is 0 Å². The van der Waals surface area contributed by atoms with E-state index in [4.69, 9.17) is 0 Å². The predicted molar refractivity (Wildman–Crippen MR) is 132 cm³/mol. The number of alkyl halides is 2. The highest BCUT2D eigenvalue weighted by atomic mass is 19.3. The van der Waals surface area contributed by atoms with E-state index in [9.17, 15) is 23.2 Å². The Balaban J connectivity index is 1.32. The number of piperidine rings is 1. The van der Waals surface area contributed by atoms with Gasteiger partial charge in [0, 0.05) is 41.4 Å². The number of anilines is 1. The number of imide groups is 1. The molecule has 0 unspecified atom stereocenters. The number of halogens is 2. The number of hydrogen-bond acceptors (Lipinski definition) is 5. The van der Waals surface area contributed by atoms with Crippen molar-refractivity contribution in [1.29, 1.82) is 0 Å². The molecule has 4 aliphatic rings. The molecule has 1 saturated heterocycles. The fourth-order valence-corrected chi connectivity index (χ4v) is 6.09. The highest BCUT2D eigenvalue weighted by Crippen LogP contribution is 2.43. The fraction of sp³-hybridized carbons (Fsp3) is 0.667. The summed E-state index contributed by atoms with van der Waals surface area (Å²) >= 11 is 0. The minimum Gasteiger partial charge on any atom is -0.379 e. The van der Waals surface area contributed by atoms with E-state index in [1.807, 2.05) is 12.1 Å². The van der Waals surface area contributed by atoms with Crippen molar-refractivity contribution in [1.82, 2.24) is 15.5 Å². The summed E-state index contributed by atoms with van der Waals surface area (Å²) in [7, 11) is 0. The fourth-order valence-electron chi connectivity index (χ4n) is 6.09. The Labute approximate surface area is 210 Å². The van der Waals surface area contributed by atoms with Crippen molar-refractivity contribution in [2.75, 3.05) is 5.32 Å². The third-order valence-corrected chi connectivity index (χ3v) is 8.53. The van der Waals surface area contributed by atoms with Crippen molar-refractivity contribution in [2.24, 2.45) is 5.92 Å². The molecule has 5 rings (SSSR count). The minimum atomic E-state index is -2.37. The summed E-state index contributed by atoms with van der Waals surface area (Å²) in [5.74, 6) is -0.103. The standard InChI is InChI=1S/C27H36F2N4O3/c1-16(24(28)29)30-18-10-13-27(14-11-18,12-9-17-5-6-17)32-21-4-2-3-19-20(21)15-33(26(19)36)22-7-8-23(34)31-25(22)35/h2-4,16-18,22,24,30,32H,5-15H2,1H3,(H,31,34,35)/t16-,18?,22-,27?/m1/s1. The van der Waals surface area contributed by atoms with Crippen LogP contribution in [0, 0.1) is 5.92 Å². The van der Waals surface area contributed by atoms with Crippen molar-refractivity contribution in [3.63, 3.8) is 0 Å². The first-order valence-electron chi connectivity index (χ1n) is 13.3. The first-order chi connectivity index (χ1) is 17.2. The molecule has 1 aromatic rings. The van der Waals surface area contributed by atoms with Gasteiger partial charge in [-0.05, 0) is 69.9 Å². The molecule has 2 aliphatic heterocycles. The molecule has 0 spiro atoms. The average molecular weight is 503 g/mol. The topological polar surface area (TPSA) is 90.5 Å².